The minimum absolute atomic E-state index is 0.266. The molecule has 0 aliphatic carbocycles. The number of nitrogens with zero attached hydrogens (tertiary/aromatic N) is 1. The third kappa shape index (κ3) is 4.26. The van der Waals surface area contributed by atoms with Gasteiger partial charge in [0.25, 0.3) is 5.91 Å². The third-order valence-corrected chi connectivity index (χ3v) is 5.88. The molecule has 3 aromatic carbocycles. The van der Waals surface area contributed by atoms with E-state index in [1.165, 1.54) is 6.07 Å². The maximum Gasteiger partial charge on any atom is 0.261 e. The van der Waals surface area contributed by atoms with Gasteiger partial charge in [-0.05, 0) is 67.3 Å². The lowest BCUT2D eigenvalue weighted by molar-refractivity contribution is -0.00605. The zero-order chi connectivity index (χ0) is 22.9. The van der Waals surface area contributed by atoms with Crippen LogP contribution in [0.15, 0.2) is 65.8 Å². The van der Waals surface area contributed by atoms with E-state index in [0.717, 1.165) is 52.9 Å². The number of anilines is 1. The molecule has 1 atom stereocenters. The van der Waals surface area contributed by atoms with Gasteiger partial charge in [0.1, 0.15) is 22.8 Å². The van der Waals surface area contributed by atoms with Crippen molar-refractivity contribution in [2.75, 3.05) is 5.32 Å². The average molecular weight is 434 g/mol. The lowest BCUT2D eigenvalue weighted by atomic mass is 9.91. The van der Waals surface area contributed by atoms with Crippen LogP contribution in [0.25, 0.3) is 11.1 Å². The average Bonchev–Trinajstić information content (AvgIpc) is 3.17. The highest BCUT2D eigenvalue weighted by atomic mass is 19.1. The predicted octanol–water partition coefficient (Wildman–Crippen LogP) is 6.49. The summed E-state index contributed by atoms with van der Waals surface area (Å²) in [5, 5.41) is 6.84. The molecule has 1 unspecified atom stereocenters. The van der Waals surface area contributed by atoms with E-state index < -0.39 is 23.1 Å². The first-order valence-electron chi connectivity index (χ1n) is 10.5. The first kappa shape index (κ1) is 21.7. The topological polar surface area (TPSA) is 50.7 Å². The van der Waals surface area contributed by atoms with Gasteiger partial charge >= 0.3 is 0 Å². The molecule has 164 valence electrons. The van der Waals surface area contributed by atoms with Crippen LogP contribution in [-0.4, -0.2) is 17.2 Å². The van der Waals surface area contributed by atoms with Crippen molar-refractivity contribution in [3.63, 3.8) is 0 Å². The second kappa shape index (κ2) is 8.54. The Labute approximate surface area is 185 Å². The van der Waals surface area contributed by atoms with Gasteiger partial charge in [-0.1, -0.05) is 42.4 Å². The van der Waals surface area contributed by atoms with Crippen LogP contribution in [0.3, 0.4) is 0 Å². The van der Waals surface area contributed by atoms with Gasteiger partial charge in [-0.25, -0.2) is 8.78 Å². The normalized spacial score (nSPS) is 17.6. The fraction of sp³-hybridized carbons (Fsp3) is 0.231. The van der Waals surface area contributed by atoms with Crippen molar-refractivity contribution in [2.45, 2.75) is 39.2 Å². The Morgan fingerprint density at radius 1 is 1.06 bits per heavy atom. The summed E-state index contributed by atoms with van der Waals surface area (Å²) >= 11 is 0. The van der Waals surface area contributed by atoms with Gasteiger partial charge in [0.15, 0.2) is 0 Å². The van der Waals surface area contributed by atoms with Crippen molar-refractivity contribution in [2.24, 2.45) is 5.16 Å². The Kier molecular flexibility index (Phi) is 5.78. The zero-order valence-electron chi connectivity index (χ0n) is 18.2. The fourth-order valence-electron chi connectivity index (χ4n) is 3.68. The fourth-order valence-corrected chi connectivity index (χ4v) is 3.68. The molecule has 4 nitrogen and oxygen atoms in total. The molecule has 1 N–H and O–H groups in total. The summed E-state index contributed by atoms with van der Waals surface area (Å²) in [6.45, 7) is 6.16. The Hall–Kier alpha value is -3.54. The van der Waals surface area contributed by atoms with Crippen LogP contribution in [0.2, 0.25) is 0 Å². The molecule has 4 rings (SSSR count). The van der Waals surface area contributed by atoms with Gasteiger partial charge in [-0.15, -0.1) is 0 Å². The van der Waals surface area contributed by atoms with Gasteiger partial charge in [-0.2, -0.15) is 0 Å². The summed E-state index contributed by atoms with van der Waals surface area (Å²) in [4.78, 5) is 18.0. The highest BCUT2D eigenvalue weighted by Gasteiger charge is 2.33. The van der Waals surface area contributed by atoms with Gasteiger partial charge in [0, 0.05) is 17.7 Å². The molecule has 32 heavy (non-hydrogen) atoms. The van der Waals surface area contributed by atoms with Gasteiger partial charge in [0.2, 0.25) is 0 Å². The molecule has 0 saturated heterocycles. The highest BCUT2D eigenvalue weighted by molar-refractivity contribution is 6.05. The maximum absolute atomic E-state index is 13.9. The molecule has 0 fully saturated rings. The number of amides is 1. The van der Waals surface area contributed by atoms with Crippen molar-refractivity contribution in [1.29, 1.82) is 0 Å². The molecular weight excluding hydrogens is 410 g/mol. The Morgan fingerprint density at radius 2 is 1.72 bits per heavy atom. The van der Waals surface area contributed by atoms with Crippen molar-refractivity contribution in [3.05, 3.63) is 89.0 Å². The van der Waals surface area contributed by atoms with E-state index in [1.807, 2.05) is 31.2 Å². The minimum Gasteiger partial charge on any atom is -0.389 e. The second-order valence-corrected chi connectivity index (χ2v) is 8.27. The second-order valence-electron chi connectivity index (χ2n) is 8.27. The van der Waals surface area contributed by atoms with Crippen LogP contribution in [-0.2, 0) is 4.84 Å². The van der Waals surface area contributed by atoms with E-state index in [4.69, 9.17) is 4.84 Å². The number of carbonyl (C=O) groups excluding carboxylic acids is 1. The number of aryl methyl sites for hydroxylation is 1. The largest absolute Gasteiger partial charge is 0.389 e. The molecule has 6 heteroatoms. The minimum atomic E-state index is -0.899. The van der Waals surface area contributed by atoms with Crippen LogP contribution in [0.1, 0.15) is 48.2 Å². The summed E-state index contributed by atoms with van der Waals surface area (Å²) < 4.78 is 27.7. The molecular formula is C26H24F2N2O2. The summed E-state index contributed by atoms with van der Waals surface area (Å²) in [7, 11) is 0. The van der Waals surface area contributed by atoms with Crippen LogP contribution in [0, 0.1) is 18.6 Å². The number of benzene rings is 3. The predicted molar refractivity (Wildman–Crippen MR) is 122 cm³/mol. The van der Waals surface area contributed by atoms with E-state index in [1.54, 1.807) is 12.1 Å². The summed E-state index contributed by atoms with van der Waals surface area (Å²) in [6.07, 6.45) is 1.63. The van der Waals surface area contributed by atoms with Crippen molar-refractivity contribution >= 4 is 17.3 Å². The monoisotopic (exact) mass is 434 g/mol. The molecule has 0 saturated carbocycles. The maximum atomic E-state index is 13.9. The Morgan fingerprint density at radius 3 is 2.34 bits per heavy atom. The number of halogens is 2. The zero-order valence-corrected chi connectivity index (χ0v) is 18.2. The standard InChI is InChI=1S/C26H24F2N2O2/c1-4-26(3)15-23(30-32-26)18-9-8-16(2)20(14-18)17-10-12-19(13-11-17)29-25(31)24-21(27)6-5-7-22(24)28/h5-14H,4,15H2,1-3H3,(H,29,31). The van der Waals surface area contributed by atoms with Crippen LogP contribution >= 0.6 is 0 Å². The number of hydrogen-bond donors (Lipinski definition) is 1. The highest BCUT2D eigenvalue weighted by Crippen LogP contribution is 2.32. The molecule has 0 aromatic heterocycles. The molecule has 1 aliphatic rings. The number of hydrogen-bond acceptors (Lipinski definition) is 3. The van der Waals surface area contributed by atoms with E-state index >= 15 is 0 Å². The molecule has 3 aromatic rings. The van der Waals surface area contributed by atoms with E-state index in [9.17, 15) is 13.6 Å². The summed E-state index contributed by atoms with van der Waals surface area (Å²) in [6, 6.07) is 16.7. The quantitative estimate of drug-likeness (QED) is 0.499. The summed E-state index contributed by atoms with van der Waals surface area (Å²) in [5.74, 6) is -2.63. The first-order chi connectivity index (χ1) is 15.3. The summed E-state index contributed by atoms with van der Waals surface area (Å²) in [5.41, 5.74) is 4.60. The van der Waals surface area contributed by atoms with E-state index in [-0.39, 0.29) is 5.60 Å². The van der Waals surface area contributed by atoms with Crippen molar-refractivity contribution < 1.29 is 18.4 Å². The molecule has 1 aliphatic heterocycles. The first-order valence-corrected chi connectivity index (χ1v) is 10.5. The molecule has 1 heterocycles. The van der Waals surface area contributed by atoms with Crippen molar-refractivity contribution in [3.8, 4) is 11.1 Å². The van der Waals surface area contributed by atoms with Gasteiger partial charge in [-0.3, -0.25) is 4.79 Å². The van der Waals surface area contributed by atoms with Crippen molar-refractivity contribution in [1.82, 2.24) is 0 Å². The van der Waals surface area contributed by atoms with Gasteiger partial charge < -0.3 is 10.2 Å². The smallest absolute Gasteiger partial charge is 0.261 e. The number of carbonyl (C=O) groups is 1. The number of oxime groups is 1. The Balaban J connectivity index is 1.55. The van der Waals surface area contributed by atoms with E-state index in [0.29, 0.717) is 5.69 Å². The van der Waals surface area contributed by atoms with Crippen LogP contribution < -0.4 is 5.32 Å². The lowest BCUT2D eigenvalue weighted by Crippen LogP contribution is -2.23. The Bertz CT molecular complexity index is 1180. The molecule has 0 bridgehead atoms. The lowest BCUT2D eigenvalue weighted by Gasteiger charge is -2.18. The SMILES string of the molecule is CCC1(C)CC(c2ccc(C)c(-c3ccc(NC(=O)c4c(F)cccc4F)cc3)c2)=NO1. The third-order valence-electron chi connectivity index (χ3n) is 5.88. The molecule has 1 amide bonds. The molecule has 0 radical (unpaired) electrons. The number of nitrogens with one attached hydrogen (secondary N) is 1. The van der Waals surface area contributed by atoms with Crippen LogP contribution in [0.5, 0.6) is 0 Å². The van der Waals surface area contributed by atoms with Crippen LogP contribution in [0.4, 0.5) is 14.5 Å². The number of rotatable bonds is 5. The van der Waals surface area contributed by atoms with E-state index in [2.05, 4.69) is 30.4 Å². The molecule has 0 spiro atoms. The van der Waals surface area contributed by atoms with Gasteiger partial charge in [0.05, 0.1) is 5.71 Å².